The summed E-state index contributed by atoms with van der Waals surface area (Å²) < 4.78 is 5.71. The summed E-state index contributed by atoms with van der Waals surface area (Å²) >= 11 is 0. The van der Waals surface area contributed by atoms with E-state index in [1.165, 1.54) is 5.56 Å². The molecule has 0 saturated carbocycles. The number of benzene rings is 3. The molecule has 1 fully saturated rings. The number of nitrogens with zero attached hydrogens (tertiary/aromatic N) is 2. The quantitative estimate of drug-likeness (QED) is 0.499. The predicted molar refractivity (Wildman–Crippen MR) is 134 cm³/mol. The molecule has 0 radical (unpaired) electrons. The average molecular weight is 444 g/mol. The molecule has 1 aliphatic heterocycles. The normalized spacial score (nSPS) is 14.8. The summed E-state index contributed by atoms with van der Waals surface area (Å²) in [6.45, 7) is 4.94. The molecule has 0 atom stereocenters. The number of carbonyl (C=O) groups excluding carboxylic acids is 1. The molecule has 1 aliphatic rings. The third-order valence-electron chi connectivity index (χ3n) is 6.12. The van der Waals surface area contributed by atoms with Crippen molar-refractivity contribution in [3.05, 3.63) is 90.5 Å². The van der Waals surface area contributed by atoms with Crippen LogP contribution in [0.4, 0.5) is 10.5 Å². The van der Waals surface area contributed by atoms with Gasteiger partial charge in [0.1, 0.15) is 6.10 Å². The number of likely N-dealkylation sites (tertiary alicyclic amines) is 1. The maximum absolute atomic E-state index is 12.4. The number of likely N-dealkylation sites (N-methyl/N-ethyl adjacent to an activating group) is 1. The summed E-state index contributed by atoms with van der Waals surface area (Å²) in [5.41, 5.74) is 4.28. The van der Waals surface area contributed by atoms with E-state index in [-0.39, 0.29) is 12.2 Å². The van der Waals surface area contributed by atoms with E-state index in [9.17, 15) is 4.79 Å². The predicted octanol–water partition coefficient (Wildman–Crippen LogP) is 5.50. The smallest absolute Gasteiger partial charge is 0.411 e. The number of nitrogens with one attached hydrogen (secondary N) is 1. The Morgan fingerprint density at radius 3 is 2.33 bits per heavy atom. The Morgan fingerprint density at radius 1 is 0.939 bits per heavy atom. The molecule has 1 heterocycles. The standard InChI is InChI=1S/C28H33N3O2/c1-30(22-23-9-4-2-5-10-23)19-20-31-17-15-27(16-18-31)33-28(32)29-26-14-8-13-25(21-26)24-11-6-3-7-12-24/h2-14,21,27H,15-20,22H2,1H3,(H,29,32). The van der Waals surface area contributed by atoms with E-state index in [0.717, 1.165) is 62.4 Å². The lowest BCUT2D eigenvalue weighted by Gasteiger charge is -2.32. The molecule has 172 valence electrons. The molecule has 0 unspecified atom stereocenters. The van der Waals surface area contributed by atoms with Gasteiger partial charge in [0.15, 0.2) is 0 Å². The van der Waals surface area contributed by atoms with Crippen molar-refractivity contribution in [3.63, 3.8) is 0 Å². The van der Waals surface area contributed by atoms with Gasteiger partial charge in [0.2, 0.25) is 0 Å². The van der Waals surface area contributed by atoms with Gasteiger partial charge in [0.05, 0.1) is 0 Å². The Labute approximate surface area is 197 Å². The largest absolute Gasteiger partial charge is 0.446 e. The molecular weight excluding hydrogens is 410 g/mol. The van der Waals surface area contributed by atoms with Gasteiger partial charge < -0.3 is 14.5 Å². The first kappa shape index (κ1) is 23.0. The molecule has 5 heteroatoms. The van der Waals surface area contributed by atoms with Gasteiger partial charge in [-0.25, -0.2) is 4.79 Å². The van der Waals surface area contributed by atoms with Crippen molar-refractivity contribution in [2.45, 2.75) is 25.5 Å². The summed E-state index contributed by atoms with van der Waals surface area (Å²) in [4.78, 5) is 17.3. The van der Waals surface area contributed by atoms with E-state index >= 15 is 0 Å². The van der Waals surface area contributed by atoms with Crippen LogP contribution in [0.5, 0.6) is 0 Å². The van der Waals surface area contributed by atoms with E-state index < -0.39 is 0 Å². The van der Waals surface area contributed by atoms with E-state index in [2.05, 4.69) is 64.6 Å². The van der Waals surface area contributed by atoms with Crippen LogP contribution >= 0.6 is 0 Å². The van der Waals surface area contributed by atoms with Gasteiger partial charge in [0.25, 0.3) is 0 Å². The van der Waals surface area contributed by atoms with Crippen molar-refractivity contribution in [2.75, 3.05) is 38.5 Å². The van der Waals surface area contributed by atoms with Crippen LogP contribution in [0.1, 0.15) is 18.4 Å². The van der Waals surface area contributed by atoms with Crippen LogP contribution in [-0.2, 0) is 11.3 Å². The van der Waals surface area contributed by atoms with Crippen molar-refractivity contribution in [1.29, 1.82) is 0 Å². The minimum absolute atomic E-state index is 0.0272. The maximum Gasteiger partial charge on any atom is 0.411 e. The molecule has 0 aromatic heterocycles. The van der Waals surface area contributed by atoms with E-state index in [4.69, 9.17) is 4.74 Å². The summed E-state index contributed by atoms with van der Waals surface area (Å²) in [7, 11) is 2.17. The molecular formula is C28H33N3O2. The van der Waals surface area contributed by atoms with Gasteiger partial charge >= 0.3 is 6.09 Å². The molecule has 3 aromatic carbocycles. The Balaban J connectivity index is 1.17. The van der Waals surface area contributed by atoms with Crippen LogP contribution in [0.2, 0.25) is 0 Å². The van der Waals surface area contributed by atoms with Crippen LogP contribution in [-0.4, -0.2) is 55.2 Å². The van der Waals surface area contributed by atoms with E-state index in [1.807, 2.05) is 42.5 Å². The molecule has 0 spiro atoms. The summed E-state index contributed by atoms with van der Waals surface area (Å²) in [5.74, 6) is 0. The Morgan fingerprint density at radius 2 is 1.61 bits per heavy atom. The van der Waals surface area contributed by atoms with Crippen LogP contribution in [0.15, 0.2) is 84.9 Å². The number of piperidine rings is 1. The molecule has 33 heavy (non-hydrogen) atoms. The first-order valence-corrected chi connectivity index (χ1v) is 11.7. The first-order valence-electron chi connectivity index (χ1n) is 11.7. The number of carbonyl (C=O) groups is 1. The molecule has 1 saturated heterocycles. The molecule has 0 bridgehead atoms. The molecule has 3 aromatic rings. The lowest BCUT2D eigenvalue weighted by molar-refractivity contribution is 0.0563. The first-order chi connectivity index (χ1) is 16.2. The van der Waals surface area contributed by atoms with Gasteiger partial charge in [-0.2, -0.15) is 0 Å². The van der Waals surface area contributed by atoms with Crippen molar-refractivity contribution >= 4 is 11.8 Å². The summed E-state index contributed by atoms with van der Waals surface area (Å²) in [6.07, 6.45) is 1.35. The zero-order valence-corrected chi connectivity index (χ0v) is 19.3. The SMILES string of the molecule is CN(CCN1CCC(OC(=O)Nc2cccc(-c3ccccc3)c2)CC1)Cc1ccccc1. The zero-order chi connectivity index (χ0) is 22.9. The Hall–Kier alpha value is -3.15. The Kier molecular flexibility index (Phi) is 8.12. The van der Waals surface area contributed by atoms with Crippen LogP contribution in [0.3, 0.4) is 0 Å². The van der Waals surface area contributed by atoms with Crippen molar-refractivity contribution in [1.82, 2.24) is 9.80 Å². The van der Waals surface area contributed by atoms with Gasteiger partial charge in [-0.15, -0.1) is 0 Å². The average Bonchev–Trinajstić information content (AvgIpc) is 2.85. The third kappa shape index (κ3) is 7.17. The second kappa shape index (κ2) is 11.6. The highest BCUT2D eigenvalue weighted by Crippen LogP contribution is 2.23. The van der Waals surface area contributed by atoms with Crippen molar-refractivity contribution in [3.8, 4) is 11.1 Å². The summed E-state index contributed by atoms with van der Waals surface area (Å²) in [5, 5.41) is 2.89. The number of hydrogen-bond acceptors (Lipinski definition) is 4. The lowest BCUT2D eigenvalue weighted by Crippen LogP contribution is -2.41. The van der Waals surface area contributed by atoms with Crippen LogP contribution < -0.4 is 5.32 Å². The number of hydrogen-bond donors (Lipinski definition) is 1. The number of rotatable bonds is 8. The van der Waals surface area contributed by atoms with E-state index in [0.29, 0.717) is 0 Å². The third-order valence-corrected chi connectivity index (χ3v) is 6.12. The molecule has 1 N–H and O–H groups in total. The number of anilines is 1. The molecule has 4 rings (SSSR count). The fourth-order valence-corrected chi connectivity index (χ4v) is 4.24. The maximum atomic E-state index is 12.4. The molecule has 1 amide bonds. The highest BCUT2D eigenvalue weighted by atomic mass is 16.6. The van der Waals surface area contributed by atoms with Gasteiger partial charge in [-0.1, -0.05) is 72.8 Å². The fraction of sp³-hybridized carbons (Fsp3) is 0.321. The van der Waals surface area contributed by atoms with E-state index in [1.54, 1.807) is 0 Å². The lowest BCUT2D eigenvalue weighted by atomic mass is 10.1. The number of ether oxygens (including phenoxy) is 1. The van der Waals surface area contributed by atoms with Crippen LogP contribution in [0.25, 0.3) is 11.1 Å². The monoisotopic (exact) mass is 443 g/mol. The Bertz CT molecular complexity index is 1000. The highest BCUT2D eigenvalue weighted by molar-refractivity contribution is 5.86. The second-order valence-corrected chi connectivity index (χ2v) is 8.74. The topological polar surface area (TPSA) is 44.8 Å². The summed E-state index contributed by atoms with van der Waals surface area (Å²) in [6, 6.07) is 28.6. The van der Waals surface area contributed by atoms with Crippen molar-refractivity contribution in [2.24, 2.45) is 0 Å². The zero-order valence-electron chi connectivity index (χ0n) is 19.3. The minimum atomic E-state index is -0.374. The fourth-order valence-electron chi connectivity index (χ4n) is 4.24. The van der Waals surface area contributed by atoms with Gasteiger partial charge in [-0.3, -0.25) is 5.32 Å². The number of amides is 1. The molecule has 5 nitrogen and oxygen atoms in total. The second-order valence-electron chi connectivity index (χ2n) is 8.74. The van der Waals surface area contributed by atoms with Gasteiger partial charge in [-0.05, 0) is 48.7 Å². The highest BCUT2D eigenvalue weighted by Gasteiger charge is 2.22. The minimum Gasteiger partial charge on any atom is -0.446 e. The van der Waals surface area contributed by atoms with Crippen molar-refractivity contribution < 1.29 is 9.53 Å². The molecule has 0 aliphatic carbocycles. The van der Waals surface area contributed by atoms with Gasteiger partial charge in [0, 0.05) is 38.4 Å². The van der Waals surface area contributed by atoms with Crippen LogP contribution in [0, 0.1) is 0 Å².